The summed E-state index contributed by atoms with van der Waals surface area (Å²) in [6, 6.07) is 12.9. The van der Waals surface area contributed by atoms with Crippen LogP contribution in [-0.4, -0.2) is 37.0 Å². The summed E-state index contributed by atoms with van der Waals surface area (Å²) in [5.74, 6) is -0.201. The third-order valence-corrected chi connectivity index (χ3v) is 4.75. The highest BCUT2D eigenvalue weighted by molar-refractivity contribution is 5.94. The molecule has 2 aromatic rings. The zero-order chi connectivity index (χ0) is 19.2. The molecule has 0 saturated carbocycles. The van der Waals surface area contributed by atoms with Crippen molar-refractivity contribution in [2.75, 3.05) is 20.2 Å². The lowest BCUT2D eigenvalue weighted by Crippen LogP contribution is -2.40. The summed E-state index contributed by atoms with van der Waals surface area (Å²) < 4.78 is 23.5. The quantitative estimate of drug-likeness (QED) is 0.756. The van der Waals surface area contributed by atoms with Crippen LogP contribution in [-0.2, 0) is 16.1 Å². The minimum atomic E-state index is -0.370. The van der Waals surface area contributed by atoms with Gasteiger partial charge in [-0.25, -0.2) is 4.39 Å². The fraction of sp³-hybridized carbons (Fsp3) is 0.333. The Bertz CT molecular complexity index is 781. The molecule has 5 nitrogen and oxygen atoms in total. The highest BCUT2D eigenvalue weighted by atomic mass is 19.1. The van der Waals surface area contributed by atoms with E-state index >= 15 is 0 Å². The topological polar surface area (TPSA) is 55.8 Å². The summed E-state index contributed by atoms with van der Waals surface area (Å²) in [6.45, 7) is 1.19. The number of rotatable bonds is 5. The summed E-state index contributed by atoms with van der Waals surface area (Å²) in [7, 11) is 1.60. The van der Waals surface area contributed by atoms with Crippen LogP contribution in [0.3, 0.4) is 0 Å². The Morgan fingerprint density at radius 1 is 1.04 bits per heavy atom. The molecule has 142 valence electrons. The van der Waals surface area contributed by atoms with Gasteiger partial charge in [0.25, 0.3) is 5.91 Å². The van der Waals surface area contributed by atoms with E-state index in [9.17, 15) is 14.0 Å². The molecule has 1 saturated heterocycles. The van der Waals surface area contributed by atoms with Gasteiger partial charge in [-0.2, -0.15) is 0 Å². The molecule has 27 heavy (non-hydrogen) atoms. The molecule has 0 aromatic heterocycles. The van der Waals surface area contributed by atoms with E-state index < -0.39 is 0 Å². The number of hydrogen-bond acceptors (Lipinski definition) is 4. The van der Waals surface area contributed by atoms with Gasteiger partial charge in [-0.1, -0.05) is 12.1 Å². The van der Waals surface area contributed by atoms with Gasteiger partial charge in [0, 0.05) is 18.7 Å². The Morgan fingerprint density at radius 3 is 2.26 bits per heavy atom. The molecule has 1 aliphatic rings. The lowest BCUT2D eigenvalue weighted by Gasteiger charge is -2.31. The standard InChI is InChI=1S/C21H22FNO4/c1-26-19-8-2-15(3-9-19)14-27-21(25)17-10-12-23(13-11-17)20(24)16-4-6-18(22)7-5-16/h2-9,17H,10-14H2,1H3. The van der Waals surface area contributed by atoms with Gasteiger partial charge in [0.2, 0.25) is 0 Å². The van der Waals surface area contributed by atoms with Gasteiger partial charge < -0.3 is 14.4 Å². The number of piperidine rings is 1. The van der Waals surface area contributed by atoms with Gasteiger partial charge in [0.15, 0.2) is 0 Å². The first-order chi connectivity index (χ1) is 13.1. The van der Waals surface area contributed by atoms with E-state index in [-0.39, 0.29) is 30.2 Å². The molecule has 1 heterocycles. The van der Waals surface area contributed by atoms with E-state index in [1.165, 1.54) is 24.3 Å². The molecule has 0 spiro atoms. The number of benzene rings is 2. The van der Waals surface area contributed by atoms with E-state index in [0.29, 0.717) is 31.5 Å². The van der Waals surface area contributed by atoms with Crippen LogP contribution in [0.15, 0.2) is 48.5 Å². The van der Waals surface area contributed by atoms with Crippen molar-refractivity contribution in [1.29, 1.82) is 0 Å². The maximum Gasteiger partial charge on any atom is 0.309 e. The number of methoxy groups -OCH3 is 1. The van der Waals surface area contributed by atoms with Gasteiger partial charge in [0.05, 0.1) is 13.0 Å². The highest BCUT2D eigenvalue weighted by Gasteiger charge is 2.28. The van der Waals surface area contributed by atoms with Gasteiger partial charge >= 0.3 is 5.97 Å². The molecular weight excluding hydrogens is 349 g/mol. The van der Waals surface area contributed by atoms with Crippen LogP contribution in [0.5, 0.6) is 5.75 Å². The molecule has 2 aromatic carbocycles. The van der Waals surface area contributed by atoms with Crippen molar-refractivity contribution < 1.29 is 23.5 Å². The number of carbonyl (C=O) groups is 2. The minimum absolute atomic E-state index is 0.139. The second-order valence-corrected chi connectivity index (χ2v) is 6.53. The molecule has 0 aliphatic carbocycles. The Kier molecular flexibility index (Phi) is 6.06. The first-order valence-corrected chi connectivity index (χ1v) is 8.91. The Balaban J connectivity index is 1.47. The molecule has 6 heteroatoms. The third-order valence-electron chi connectivity index (χ3n) is 4.75. The van der Waals surface area contributed by atoms with E-state index in [1.54, 1.807) is 12.0 Å². The van der Waals surface area contributed by atoms with E-state index in [2.05, 4.69) is 0 Å². The third kappa shape index (κ3) is 4.84. The number of nitrogens with zero attached hydrogens (tertiary/aromatic N) is 1. The summed E-state index contributed by atoms with van der Waals surface area (Å²) in [5, 5.41) is 0. The zero-order valence-corrected chi connectivity index (χ0v) is 15.2. The summed E-state index contributed by atoms with van der Waals surface area (Å²) in [5.41, 5.74) is 1.35. The second kappa shape index (κ2) is 8.66. The maximum absolute atomic E-state index is 13.0. The summed E-state index contributed by atoms with van der Waals surface area (Å²) in [6.07, 6.45) is 1.13. The number of ether oxygens (including phenoxy) is 2. The van der Waals surface area contributed by atoms with Crippen molar-refractivity contribution >= 4 is 11.9 Å². The lowest BCUT2D eigenvalue weighted by atomic mass is 9.96. The van der Waals surface area contributed by atoms with Crippen LogP contribution in [0.4, 0.5) is 4.39 Å². The van der Waals surface area contributed by atoms with Gasteiger partial charge in [-0.15, -0.1) is 0 Å². The molecule has 3 rings (SSSR count). The van der Waals surface area contributed by atoms with Crippen LogP contribution in [0.25, 0.3) is 0 Å². The van der Waals surface area contributed by atoms with E-state index in [4.69, 9.17) is 9.47 Å². The lowest BCUT2D eigenvalue weighted by molar-refractivity contribution is -0.151. The van der Waals surface area contributed by atoms with Gasteiger partial charge in [-0.05, 0) is 54.8 Å². The average molecular weight is 371 g/mol. The van der Waals surface area contributed by atoms with Crippen LogP contribution in [0, 0.1) is 11.7 Å². The molecule has 0 radical (unpaired) electrons. The highest BCUT2D eigenvalue weighted by Crippen LogP contribution is 2.21. The predicted molar refractivity (Wildman–Crippen MR) is 97.8 cm³/mol. The molecule has 0 N–H and O–H groups in total. The number of hydrogen-bond donors (Lipinski definition) is 0. The first kappa shape index (κ1) is 18.9. The van der Waals surface area contributed by atoms with Crippen LogP contribution in [0.1, 0.15) is 28.8 Å². The molecule has 1 aliphatic heterocycles. The van der Waals surface area contributed by atoms with E-state index in [1.807, 2.05) is 24.3 Å². The van der Waals surface area contributed by atoms with Crippen LogP contribution >= 0.6 is 0 Å². The predicted octanol–water partition coefficient (Wildman–Crippen LogP) is 3.43. The Morgan fingerprint density at radius 2 is 1.67 bits per heavy atom. The largest absolute Gasteiger partial charge is 0.497 e. The fourth-order valence-electron chi connectivity index (χ4n) is 3.09. The maximum atomic E-state index is 13.0. The second-order valence-electron chi connectivity index (χ2n) is 6.53. The molecule has 1 fully saturated rings. The van der Waals surface area contributed by atoms with Gasteiger partial charge in [-0.3, -0.25) is 9.59 Å². The van der Waals surface area contributed by atoms with Crippen LogP contribution in [0.2, 0.25) is 0 Å². The van der Waals surface area contributed by atoms with Gasteiger partial charge in [0.1, 0.15) is 18.2 Å². The first-order valence-electron chi connectivity index (χ1n) is 8.91. The van der Waals surface area contributed by atoms with Crippen molar-refractivity contribution in [3.63, 3.8) is 0 Å². The van der Waals surface area contributed by atoms with Crippen LogP contribution < -0.4 is 4.74 Å². The number of likely N-dealkylation sites (tertiary alicyclic amines) is 1. The fourth-order valence-corrected chi connectivity index (χ4v) is 3.09. The molecule has 0 bridgehead atoms. The molecule has 0 unspecified atom stereocenters. The van der Waals surface area contributed by atoms with Crippen molar-refractivity contribution in [3.8, 4) is 5.75 Å². The smallest absolute Gasteiger partial charge is 0.309 e. The SMILES string of the molecule is COc1ccc(COC(=O)C2CCN(C(=O)c3ccc(F)cc3)CC2)cc1. The number of carbonyl (C=O) groups excluding carboxylic acids is 2. The minimum Gasteiger partial charge on any atom is -0.497 e. The van der Waals surface area contributed by atoms with Crippen molar-refractivity contribution in [1.82, 2.24) is 4.90 Å². The Hall–Kier alpha value is -2.89. The monoisotopic (exact) mass is 371 g/mol. The van der Waals surface area contributed by atoms with E-state index in [0.717, 1.165) is 11.3 Å². The normalized spacial score (nSPS) is 14.7. The molecule has 1 amide bonds. The Labute approximate surface area is 157 Å². The van der Waals surface area contributed by atoms with Crippen molar-refractivity contribution in [2.24, 2.45) is 5.92 Å². The zero-order valence-electron chi connectivity index (χ0n) is 15.2. The average Bonchev–Trinajstić information content (AvgIpc) is 2.72. The number of esters is 1. The number of amides is 1. The van der Waals surface area contributed by atoms with Crippen molar-refractivity contribution in [3.05, 3.63) is 65.5 Å². The molecule has 0 atom stereocenters. The summed E-state index contributed by atoms with van der Waals surface area (Å²) in [4.78, 5) is 26.4. The summed E-state index contributed by atoms with van der Waals surface area (Å²) >= 11 is 0. The van der Waals surface area contributed by atoms with Crippen molar-refractivity contribution in [2.45, 2.75) is 19.4 Å². The number of halogens is 1. The molecular formula is C21H22FNO4.